The van der Waals surface area contributed by atoms with E-state index in [9.17, 15) is 0 Å². The molecule has 72 valence electrons. The van der Waals surface area contributed by atoms with Gasteiger partial charge in [0.2, 0.25) is 0 Å². The molecule has 1 saturated carbocycles. The van der Waals surface area contributed by atoms with Crippen LogP contribution in [0.5, 0.6) is 0 Å². The highest BCUT2D eigenvalue weighted by Gasteiger charge is 2.27. The number of nitrogens with zero attached hydrogens (tertiary/aromatic N) is 1. The Morgan fingerprint density at radius 2 is 2.08 bits per heavy atom. The lowest BCUT2D eigenvalue weighted by Crippen LogP contribution is -2.42. The predicted molar refractivity (Wildman–Crippen MR) is 53.4 cm³/mol. The number of rotatable bonds is 5. The molecule has 0 heterocycles. The highest BCUT2D eigenvalue weighted by Crippen LogP contribution is 2.30. The van der Waals surface area contributed by atoms with Gasteiger partial charge in [0.1, 0.15) is 0 Å². The molecule has 2 nitrogen and oxygen atoms in total. The van der Waals surface area contributed by atoms with E-state index in [4.69, 9.17) is 0 Å². The molecule has 0 spiro atoms. The van der Waals surface area contributed by atoms with E-state index in [0.717, 1.165) is 18.5 Å². The van der Waals surface area contributed by atoms with Crippen LogP contribution in [-0.2, 0) is 0 Å². The average Bonchev–Trinajstić information content (AvgIpc) is 1.99. The van der Waals surface area contributed by atoms with Gasteiger partial charge < -0.3 is 10.2 Å². The second kappa shape index (κ2) is 4.83. The summed E-state index contributed by atoms with van der Waals surface area (Å²) < 4.78 is 0. The SMILES string of the molecule is CNCCCN(C)C1CC(C)C1. The minimum atomic E-state index is 0.886. The highest BCUT2D eigenvalue weighted by atomic mass is 15.1. The zero-order chi connectivity index (χ0) is 8.97. The quantitative estimate of drug-likeness (QED) is 0.626. The molecule has 1 aliphatic carbocycles. The van der Waals surface area contributed by atoms with Crippen molar-refractivity contribution in [2.24, 2.45) is 5.92 Å². The van der Waals surface area contributed by atoms with Gasteiger partial charge in [0, 0.05) is 6.04 Å². The minimum absolute atomic E-state index is 0.886. The smallest absolute Gasteiger partial charge is 0.00973 e. The maximum atomic E-state index is 3.18. The van der Waals surface area contributed by atoms with Crippen molar-refractivity contribution in [3.63, 3.8) is 0 Å². The highest BCUT2D eigenvalue weighted by molar-refractivity contribution is 4.83. The summed E-state index contributed by atoms with van der Waals surface area (Å²) in [6.07, 6.45) is 4.10. The summed E-state index contributed by atoms with van der Waals surface area (Å²) in [5.41, 5.74) is 0. The van der Waals surface area contributed by atoms with Gasteiger partial charge in [-0.3, -0.25) is 0 Å². The van der Waals surface area contributed by atoms with Crippen molar-refractivity contribution in [3.05, 3.63) is 0 Å². The summed E-state index contributed by atoms with van der Waals surface area (Å²) in [5.74, 6) is 0.974. The molecule has 0 aromatic heterocycles. The molecule has 0 bridgehead atoms. The molecule has 0 aromatic carbocycles. The summed E-state index contributed by atoms with van der Waals surface area (Å²) in [6, 6.07) is 0.886. The van der Waals surface area contributed by atoms with Crippen LogP contribution in [0.4, 0.5) is 0 Å². The van der Waals surface area contributed by atoms with Crippen LogP contribution in [0.1, 0.15) is 26.2 Å². The third kappa shape index (κ3) is 2.76. The van der Waals surface area contributed by atoms with Crippen molar-refractivity contribution in [3.8, 4) is 0 Å². The van der Waals surface area contributed by atoms with Crippen molar-refractivity contribution < 1.29 is 0 Å². The van der Waals surface area contributed by atoms with E-state index in [0.29, 0.717) is 0 Å². The molecule has 1 N–H and O–H groups in total. The first kappa shape index (κ1) is 10.0. The number of nitrogens with one attached hydrogen (secondary N) is 1. The molecule has 1 rings (SSSR count). The molecule has 0 unspecified atom stereocenters. The molecule has 2 heteroatoms. The van der Waals surface area contributed by atoms with E-state index in [2.05, 4.69) is 24.2 Å². The molecule has 0 radical (unpaired) electrons. The Morgan fingerprint density at radius 3 is 2.58 bits per heavy atom. The third-order valence-corrected chi connectivity index (χ3v) is 2.91. The van der Waals surface area contributed by atoms with Crippen molar-refractivity contribution in [1.29, 1.82) is 0 Å². The minimum Gasteiger partial charge on any atom is -0.320 e. The lowest BCUT2D eigenvalue weighted by molar-refractivity contribution is 0.110. The van der Waals surface area contributed by atoms with Crippen LogP contribution < -0.4 is 5.32 Å². The van der Waals surface area contributed by atoms with Gasteiger partial charge >= 0.3 is 0 Å². The first-order chi connectivity index (χ1) is 5.74. The summed E-state index contributed by atoms with van der Waals surface area (Å²) in [7, 11) is 4.28. The molecule has 1 fully saturated rings. The molecule has 0 aliphatic heterocycles. The second-order valence-corrected chi connectivity index (χ2v) is 4.17. The Morgan fingerprint density at radius 1 is 1.42 bits per heavy atom. The van der Waals surface area contributed by atoms with Crippen LogP contribution in [-0.4, -0.2) is 38.1 Å². The van der Waals surface area contributed by atoms with E-state index in [-0.39, 0.29) is 0 Å². The third-order valence-electron chi connectivity index (χ3n) is 2.91. The van der Waals surface area contributed by atoms with Gasteiger partial charge in [-0.1, -0.05) is 6.92 Å². The van der Waals surface area contributed by atoms with Gasteiger partial charge in [-0.05, 0) is 52.4 Å². The van der Waals surface area contributed by atoms with Crippen LogP contribution in [0.25, 0.3) is 0 Å². The van der Waals surface area contributed by atoms with Crippen LogP contribution in [0.3, 0.4) is 0 Å². The summed E-state index contributed by atoms with van der Waals surface area (Å²) >= 11 is 0. The van der Waals surface area contributed by atoms with Gasteiger partial charge in [0.25, 0.3) is 0 Å². The summed E-state index contributed by atoms with van der Waals surface area (Å²) in [5, 5.41) is 3.18. The molecule has 0 amide bonds. The maximum absolute atomic E-state index is 3.18. The van der Waals surface area contributed by atoms with Gasteiger partial charge in [-0.25, -0.2) is 0 Å². The predicted octanol–water partition coefficient (Wildman–Crippen LogP) is 1.33. The van der Waals surface area contributed by atoms with Crippen molar-refractivity contribution in [2.75, 3.05) is 27.2 Å². The van der Waals surface area contributed by atoms with Crippen LogP contribution in [0, 0.1) is 5.92 Å². The largest absolute Gasteiger partial charge is 0.320 e. The van der Waals surface area contributed by atoms with Crippen LogP contribution in [0.2, 0.25) is 0 Å². The summed E-state index contributed by atoms with van der Waals surface area (Å²) in [4.78, 5) is 2.51. The Labute approximate surface area is 76.3 Å². The topological polar surface area (TPSA) is 15.3 Å². The molecule has 0 atom stereocenters. The summed E-state index contributed by atoms with van der Waals surface area (Å²) in [6.45, 7) is 4.74. The van der Waals surface area contributed by atoms with Crippen molar-refractivity contribution in [1.82, 2.24) is 10.2 Å². The van der Waals surface area contributed by atoms with E-state index < -0.39 is 0 Å². The number of hydrogen-bond donors (Lipinski definition) is 1. The molecular weight excluding hydrogens is 148 g/mol. The zero-order valence-electron chi connectivity index (χ0n) is 8.64. The first-order valence-electron chi connectivity index (χ1n) is 5.09. The monoisotopic (exact) mass is 170 g/mol. The average molecular weight is 170 g/mol. The lowest BCUT2D eigenvalue weighted by Gasteiger charge is -2.39. The van der Waals surface area contributed by atoms with Gasteiger partial charge in [0.15, 0.2) is 0 Å². The molecule has 0 aromatic rings. The van der Waals surface area contributed by atoms with Crippen molar-refractivity contribution in [2.45, 2.75) is 32.2 Å². The Kier molecular flexibility index (Phi) is 4.02. The van der Waals surface area contributed by atoms with Gasteiger partial charge in [-0.15, -0.1) is 0 Å². The van der Waals surface area contributed by atoms with E-state index >= 15 is 0 Å². The van der Waals surface area contributed by atoms with Gasteiger partial charge in [0.05, 0.1) is 0 Å². The molecule has 1 aliphatic rings. The maximum Gasteiger partial charge on any atom is 0.00973 e. The fourth-order valence-electron chi connectivity index (χ4n) is 1.91. The Hall–Kier alpha value is -0.0800. The lowest BCUT2D eigenvalue weighted by atomic mass is 9.81. The molecular formula is C10H22N2. The van der Waals surface area contributed by atoms with E-state index in [1.54, 1.807) is 0 Å². The number of hydrogen-bond acceptors (Lipinski definition) is 2. The standard InChI is InChI=1S/C10H22N2/c1-9-7-10(8-9)12(3)6-4-5-11-2/h9-11H,4-8H2,1-3H3. The molecule has 0 saturated heterocycles. The Balaban J connectivity index is 2.00. The van der Waals surface area contributed by atoms with Crippen LogP contribution in [0.15, 0.2) is 0 Å². The normalized spacial score (nSPS) is 29.0. The zero-order valence-corrected chi connectivity index (χ0v) is 8.64. The van der Waals surface area contributed by atoms with E-state index in [1.165, 1.54) is 25.8 Å². The molecule has 12 heavy (non-hydrogen) atoms. The van der Waals surface area contributed by atoms with Gasteiger partial charge in [-0.2, -0.15) is 0 Å². The first-order valence-corrected chi connectivity index (χ1v) is 5.09. The second-order valence-electron chi connectivity index (χ2n) is 4.17. The van der Waals surface area contributed by atoms with E-state index in [1.807, 2.05) is 7.05 Å². The Bertz CT molecular complexity index is 119. The fraction of sp³-hybridized carbons (Fsp3) is 1.00. The van der Waals surface area contributed by atoms with Crippen LogP contribution >= 0.6 is 0 Å². The van der Waals surface area contributed by atoms with Crippen molar-refractivity contribution >= 4 is 0 Å². The fourth-order valence-corrected chi connectivity index (χ4v) is 1.91.